The summed E-state index contributed by atoms with van der Waals surface area (Å²) in [7, 11) is 0. The molecule has 1 fully saturated rings. The van der Waals surface area contributed by atoms with Crippen LogP contribution in [0.1, 0.15) is 44.6 Å². The highest BCUT2D eigenvalue weighted by molar-refractivity contribution is 5.36. The van der Waals surface area contributed by atoms with Crippen LogP contribution in [0.15, 0.2) is 18.5 Å². The molecule has 1 atom stereocenters. The molecule has 0 bridgehead atoms. The maximum absolute atomic E-state index is 5.77. The summed E-state index contributed by atoms with van der Waals surface area (Å²) in [6.45, 7) is 4.00. The molecule has 0 unspecified atom stereocenters. The van der Waals surface area contributed by atoms with Crippen molar-refractivity contribution in [2.24, 2.45) is 0 Å². The van der Waals surface area contributed by atoms with Gasteiger partial charge in [-0.05, 0) is 31.9 Å². The maximum Gasteiger partial charge on any atom is 0.138 e. The van der Waals surface area contributed by atoms with Gasteiger partial charge in [0.1, 0.15) is 12.4 Å². The van der Waals surface area contributed by atoms with Gasteiger partial charge in [0, 0.05) is 24.2 Å². The van der Waals surface area contributed by atoms with Crippen molar-refractivity contribution in [1.29, 1.82) is 0 Å². The molecule has 1 aromatic rings. The van der Waals surface area contributed by atoms with E-state index < -0.39 is 0 Å². The van der Waals surface area contributed by atoms with E-state index in [1.807, 2.05) is 6.07 Å². The third-order valence-electron chi connectivity index (χ3n) is 3.21. The molecule has 3 nitrogen and oxygen atoms in total. The zero-order valence-electron chi connectivity index (χ0n) is 11.6. The monoisotopic (exact) mass is 258 g/mol. The first-order chi connectivity index (χ1) is 9.38. The first-order valence-corrected chi connectivity index (χ1v) is 7.18. The van der Waals surface area contributed by atoms with Gasteiger partial charge in [0.2, 0.25) is 0 Å². The predicted octanol–water partition coefficient (Wildman–Crippen LogP) is 2.75. The summed E-state index contributed by atoms with van der Waals surface area (Å²) < 4.78 is 5.77. The van der Waals surface area contributed by atoms with Gasteiger partial charge in [-0.1, -0.05) is 25.2 Å². The maximum atomic E-state index is 5.77. The van der Waals surface area contributed by atoms with Crippen molar-refractivity contribution < 1.29 is 4.74 Å². The third kappa shape index (κ3) is 4.92. The van der Waals surface area contributed by atoms with Crippen LogP contribution in [-0.2, 0) is 0 Å². The standard InChI is InChI=1S/C16H22N2O/c1-2-3-4-5-7-14-10-16(12-17-11-14)19-13-15-8-6-9-18-15/h10-12,15,18H,2-4,6,8-9,13H2,1H3/t15-/m0/s1. The predicted molar refractivity (Wildman–Crippen MR) is 77.2 cm³/mol. The second-order valence-corrected chi connectivity index (χ2v) is 4.92. The molecule has 102 valence electrons. The Labute approximate surface area is 115 Å². The summed E-state index contributed by atoms with van der Waals surface area (Å²) >= 11 is 0. The highest BCUT2D eigenvalue weighted by Gasteiger charge is 2.14. The smallest absolute Gasteiger partial charge is 0.138 e. The minimum absolute atomic E-state index is 0.485. The molecule has 0 aliphatic carbocycles. The van der Waals surface area contributed by atoms with Crippen molar-refractivity contribution in [3.8, 4) is 17.6 Å². The third-order valence-corrected chi connectivity index (χ3v) is 3.21. The van der Waals surface area contributed by atoms with Crippen LogP contribution in [0.5, 0.6) is 5.75 Å². The molecule has 0 amide bonds. The number of hydrogen-bond acceptors (Lipinski definition) is 3. The first kappa shape index (κ1) is 13.9. The lowest BCUT2D eigenvalue weighted by atomic mass is 10.2. The van der Waals surface area contributed by atoms with Gasteiger partial charge in [-0.15, -0.1) is 0 Å². The van der Waals surface area contributed by atoms with Gasteiger partial charge in [-0.2, -0.15) is 0 Å². The molecule has 0 spiro atoms. The van der Waals surface area contributed by atoms with Crippen LogP contribution < -0.4 is 10.1 Å². The molecule has 2 heterocycles. The van der Waals surface area contributed by atoms with Crippen molar-refractivity contribution in [1.82, 2.24) is 10.3 Å². The lowest BCUT2D eigenvalue weighted by Gasteiger charge is -2.11. The number of rotatable bonds is 5. The van der Waals surface area contributed by atoms with Gasteiger partial charge in [-0.3, -0.25) is 4.98 Å². The van der Waals surface area contributed by atoms with E-state index in [0.29, 0.717) is 12.6 Å². The van der Waals surface area contributed by atoms with Crippen molar-refractivity contribution in [2.45, 2.75) is 45.1 Å². The number of aromatic nitrogens is 1. The second kappa shape index (κ2) is 7.81. The van der Waals surface area contributed by atoms with Crippen molar-refractivity contribution >= 4 is 0 Å². The van der Waals surface area contributed by atoms with E-state index in [0.717, 1.165) is 30.7 Å². The molecule has 2 rings (SSSR count). The van der Waals surface area contributed by atoms with E-state index in [2.05, 4.69) is 29.1 Å². The Morgan fingerprint density at radius 2 is 2.42 bits per heavy atom. The van der Waals surface area contributed by atoms with E-state index in [1.54, 1.807) is 12.4 Å². The minimum Gasteiger partial charge on any atom is -0.490 e. The van der Waals surface area contributed by atoms with Crippen LogP contribution in [0.25, 0.3) is 0 Å². The van der Waals surface area contributed by atoms with Gasteiger partial charge >= 0.3 is 0 Å². The van der Waals surface area contributed by atoms with E-state index in [-0.39, 0.29) is 0 Å². The molecule has 1 N–H and O–H groups in total. The van der Waals surface area contributed by atoms with Gasteiger partial charge in [-0.25, -0.2) is 0 Å². The molecular formula is C16H22N2O. The molecule has 0 aromatic carbocycles. The van der Waals surface area contributed by atoms with E-state index >= 15 is 0 Å². The zero-order valence-corrected chi connectivity index (χ0v) is 11.6. The molecule has 0 saturated carbocycles. The highest BCUT2D eigenvalue weighted by Crippen LogP contribution is 2.13. The first-order valence-electron chi connectivity index (χ1n) is 7.18. The molecular weight excluding hydrogens is 236 g/mol. The second-order valence-electron chi connectivity index (χ2n) is 4.92. The van der Waals surface area contributed by atoms with Crippen LogP contribution in [0.2, 0.25) is 0 Å². The van der Waals surface area contributed by atoms with E-state index in [4.69, 9.17) is 4.74 Å². The van der Waals surface area contributed by atoms with Crippen LogP contribution in [0.3, 0.4) is 0 Å². The topological polar surface area (TPSA) is 34.1 Å². The molecule has 3 heteroatoms. The molecule has 1 aliphatic heterocycles. The molecule has 19 heavy (non-hydrogen) atoms. The Morgan fingerprint density at radius 1 is 1.47 bits per heavy atom. The summed E-state index contributed by atoms with van der Waals surface area (Å²) in [5, 5.41) is 3.42. The lowest BCUT2D eigenvalue weighted by molar-refractivity contribution is 0.276. The molecule has 0 radical (unpaired) electrons. The van der Waals surface area contributed by atoms with Gasteiger partial charge in [0.25, 0.3) is 0 Å². The zero-order chi connectivity index (χ0) is 13.3. The Balaban J connectivity index is 1.84. The number of nitrogens with zero attached hydrogens (tertiary/aromatic N) is 1. The quantitative estimate of drug-likeness (QED) is 0.651. The summed E-state index contributed by atoms with van der Waals surface area (Å²) in [4.78, 5) is 4.18. The van der Waals surface area contributed by atoms with Crippen LogP contribution in [0, 0.1) is 11.8 Å². The van der Waals surface area contributed by atoms with Crippen LogP contribution in [-0.4, -0.2) is 24.2 Å². The Bertz CT molecular complexity index is 442. The van der Waals surface area contributed by atoms with E-state index in [9.17, 15) is 0 Å². The fourth-order valence-electron chi connectivity index (χ4n) is 2.09. The van der Waals surface area contributed by atoms with Crippen LogP contribution >= 0.6 is 0 Å². The van der Waals surface area contributed by atoms with Gasteiger partial charge < -0.3 is 10.1 Å². The molecule has 1 aromatic heterocycles. The Hall–Kier alpha value is -1.53. The number of pyridine rings is 1. The summed E-state index contributed by atoms with van der Waals surface area (Å²) in [5.41, 5.74) is 0.938. The van der Waals surface area contributed by atoms with Crippen LogP contribution in [0.4, 0.5) is 0 Å². The summed E-state index contributed by atoms with van der Waals surface area (Å²) in [5.74, 6) is 7.12. The van der Waals surface area contributed by atoms with Crippen molar-refractivity contribution in [2.75, 3.05) is 13.2 Å². The SMILES string of the molecule is CCCCC#Cc1cncc(OC[C@@H]2CCCN2)c1. The highest BCUT2D eigenvalue weighted by atomic mass is 16.5. The van der Waals surface area contributed by atoms with Gasteiger partial charge in [0.05, 0.1) is 6.20 Å². The number of unbranched alkanes of at least 4 members (excludes halogenated alkanes) is 2. The summed E-state index contributed by atoms with van der Waals surface area (Å²) in [6, 6.07) is 2.46. The van der Waals surface area contributed by atoms with E-state index in [1.165, 1.54) is 19.3 Å². The minimum atomic E-state index is 0.485. The lowest BCUT2D eigenvalue weighted by Crippen LogP contribution is -2.28. The van der Waals surface area contributed by atoms with Gasteiger partial charge in [0.15, 0.2) is 0 Å². The Morgan fingerprint density at radius 3 is 3.21 bits per heavy atom. The normalized spacial score (nSPS) is 17.8. The average Bonchev–Trinajstić information content (AvgIpc) is 2.95. The molecule has 1 saturated heterocycles. The van der Waals surface area contributed by atoms with Crippen molar-refractivity contribution in [3.05, 3.63) is 24.0 Å². The van der Waals surface area contributed by atoms with Crippen molar-refractivity contribution in [3.63, 3.8) is 0 Å². The average molecular weight is 258 g/mol. The fourth-order valence-corrected chi connectivity index (χ4v) is 2.09. The largest absolute Gasteiger partial charge is 0.490 e. The number of nitrogens with one attached hydrogen (secondary N) is 1. The number of ether oxygens (including phenoxy) is 1. The molecule has 1 aliphatic rings. The fraction of sp³-hybridized carbons (Fsp3) is 0.562. The number of hydrogen-bond donors (Lipinski definition) is 1. The summed E-state index contributed by atoms with van der Waals surface area (Å²) in [6.07, 6.45) is 9.28. The Kier molecular flexibility index (Phi) is 5.71.